The molecule has 0 bridgehead atoms. The molecule has 0 aliphatic carbocycles. The number of hydrogen-bond donors (Lipinski definition) is 3. The molecule has 1 aromatic rings. The number of nitrogens with zero attached hydrogens (tertiary/aromatic N) is 2. The summed E-state index contributed by atoms with van der Waals surface area (Å²) < 4.78 is 10.8. The molecule has 35 heavy (non-hydrogen) atoms. The maximum absolute atomic E-state index is 12.1. The number of carbonyl (C=O) groups excluding carboxylic acids is 1. The number of carboxylic acid groups (broad SMARTS) is 1. The molecule has 0 spiro atoms. The molecule has 9 heteroatoms. The van der Waals surface area contributed by atoms with E-state index in [1.54, 1.807) is 20.8 Å². The lowest BCUT2D eigenvalue weighted by atomic mass is 10.1. The Morgan fingerprint density at radius 1 is 1.29 bits per heavy atom. The topological polar surface area (TPSA) is 113 Å². The van der Waals surface area contributed by atoms with Crippen LogP contribution in [0.2, 0.25) is 0 Å². The molecule has 3 rings (SSSR count). The SMILES string of the molecule is CC(C)(C)OC(=O)NC(CCN(CCCCc1ccc2c(n1)NCCC2)CCC1CCO1)C(=O)O. The lowest BCUT2D eigenvalue weighted by Gasteiger charge is -2.30. The highest BCUT2D eigenvalue weighted by Crippen LogP contribution is 2.20. The van der Waals surface area contributed by atoms with Crippen molar-refractivity contribution in [3.05, 3.63) is 23.4 Å². The lowest BCUT2D eigenvalue weighted by molar-refractivity contribution is -0.139. The van der Waals surface area contributed by atoms with E-state index in [1.807, 2.05) is 0 Å². The molecule has 2 aliphatic rings. The fraction of sp³-hybridized carbons (Fsp3) is 0.731. The van der Waals surface area contributed by atoms with E-state index in [0.717, 1.165) is 82.7 Å². The molecule has 2 unspecified atom stereocenters. The molecule has 2 aliphatic heterocycles. The van der Waals surface area contributed by atoms with Gasteiger partial charge in [0.25, 0.3) is 0 Å². The first-order valence-corrected chi connectivity index (χ1v) is 13.0. The molecular weight excluding hydrogens is 448 g/mol. The maximum Gasteiger partial charge on any atom is 0.408 e. The summed E-state index contributed by atoms with van der Waals surface area (Å²) >= 11 is 0. The molecule has 196 valence electrons. The molecule has 2 atom stereocenters. The fourth-order valence-electron chi connectivity index (χ4n) is 4.34. The summed E-state index contributed by atoms with van der Waals surface area (Å²) in [6.07, 6.45) is 7.13. The Morgan fingerprint density at radius 2 is 2.09 bits per heavy atom. The molecular formula is C26H42N4O5. The van der Waals surface area contributed by atoms with Crippen molar-refractivity contribution in [2.45, 2.75) is 89.9 Å². The summed E-state index contributed by atoms with van der Waals surface area (Å²) in [6, 6.07) is 3.34. The largest absolute Gasteiger partial charge is 0.480 e. The van der Waals surface area contributed by atoms with Gasteiger partial charge in [-0.25, -0.2) is 14.6 Å². The number of aromatic nitrogens is 1. The third-order valence-electron chi connectivity index (χ3n) is 6.39. The van der Waals surface area contributed by atoms with Gasteiger partial charge in [-0.3, -0.25) is 0 Å². The van der Waals surface area contributed by atoms with Crippen LogP contribution in [0.25, 0.3) is 0 Å². The van der Waals surface area contributed by atoms with Crippen molar-refractivity contribution >= 4 is 17.9 Å². The Hall–Kier alpha value is -2.39. The zero-order valence-corrected chi connectivity index (χ0v) is 21.5. The molecule has 1 amide bonds. The predicted molar refractivity (Wildman–Crippen MR) is 135 cm³/mol. The Bertz CT molecular complexity index is 838. The molecule has 9 nitrogen and oxygen atoms in total. The molecule has 3 heterocycles. The smallest absolute Gasteiger partial charge is 0.408 e. The van der Waals surface area contributed by atoms with E-state index in [-0.39, 0.29) is 0 Å². The summed E-state index contributed by atoms with van der Waals surface area (Å²) in [4.78, 5) is 30.9. The van der Waals surface area contributed by atoms with Crippen LogP contribution in [0.1, 0.15) is 70.6 Å². The van der Waals surface area contributed by atoms with Gasteiger partial charge >= 0.3 is 12.1 Å². The van der Waals surface area contributed by atoms with Crippen LogP contribution in [0.4, 0.5) is 10.6 Å². The highest BCUT2D eigenvalue weighted by molar-refractivity contribution is 5.80. The van der Waals surface area contributed by atoms with Crippen LogP contribution in [0.3, 0.4) is 0 Å². The number of carbonyl (C=O) groups is 2. The van der Waals surface area contributed by atoms with Gasteiger partial charge in [0.05, 0.1) is 6.10 Å². The molecule has 3 N–H and O–H groups in total. The Labute approximate surface area is 209 Å². The van der Waals surface area contributed by atoms with E-state index < -0.39 is 23.7 Å². The number of ether oxygens (including phenoxy) is 2. The van der Waals surface area contributed by atoms with Crippen LogP contribution in [0, 0.1) is 0 Å². The molecule has 0 aromatic carbocycles. The van der Waals surface area contributed by atoms with Crippen molar-refractivity contribution in [3.8, 4) is 0 Å². The second-order valence-electron chi connectivity index (χ2n) is 10.5. The predicted octanol–water partition coefficient (Wildman–Crippen LogP) is 3.61. The van der Waals surface area contributed by atoms with E-state index in [9.17, 15) is 14.7 Å². The lowest BCUT2D eigenvalue weighted by Crippen LogP contribution is -2.45. The quantitative estimate of drug-likeness (QED) is 0.360. The highest BCUT2D eigenvalue weighted by atomic mass is 16.6. The molecule has 0 radical (unpaired) electrons. The number of pyridine rings is 1. The number of aryl methyl sites for hydroxylation is 2. The minimum absolute atomic E-state index is 0.305. The molecule has 1 fully saturated rings. The minimum Gasteiger partial charge on any atom is -0.480 e. The van der Waals surface area contributed by atoms with Crippen LogP contribution in [0.5, 0.6) is 0 Å². The van der Waals surface area contributed by atoms with E-state index in [4.69, 9.17) is 14.5 Å². The van der Waals surface area contributed by atoms with Crippen molar-refractivity contribution in [2.24, 2.45) is 0 Å². The second kappa shape index (κ2) is 13.1. The molecule has 1 saturated heterocycles. The highest BCUT2D eigenvalue weighted by Gasteiger charge is 2.25. The van der Waals surface area contributed by atoms with Gasteiger partial charge in [-0.15, -0.1) is 0 Å². The van der Waals surface area contributed by atoms with Crippen LogP contribution in [0.15, 0.2) is 12.1 Å². The van der Waals surface area contributed by atoms with Gasteiger partial charge in [0.2, 0.25) is 0 Å². The third-order valence-corrected chi connectivity index (χ3v) is 6.39. The van der Waals surface area contributed by atoms with Gasteiger partial charge < -0.3 is 30.1 Å². The molecule has 0 saturated carbocycles. The summed E-state index contributed by atoms with van der Waals surface area (Å²) in [7, 11) is 0. The van der Waals surface area contributed by atoms with Crippen LogP contribution < -0.4 is 10.6 Å². The zero-order valence-electron chi connectivity index (χ0n) is 21.5. The monoisotopic (exact) mass is 490 g/mol. The van der Waals surface area contributed by atoms with E-state index >= 15 is 0 Å². The first kappa shape index (κ1) is 27.2. The van der Waals surface area contributed by atoms with E-state index in [2.05, 4.69) is 27.7 Å². The van der Waals surface area contributed by atoms with E-state index in [0.29, 0.717) is 19.1 Å². The fourth-order valence-corrected chi connectivity index (χ4v) is 4.34. The number of rotatable bonds is 13. The number of anilines is 1. The number of amides is 1. The summed E-state index contributed by atoms with van der Waals surface area (Å²) in [5.41, 5.74) is 1.74. The number of fused-ring (bicyclic) bond motifs is 1. The van der Waals surface area contributed by atoms with Gasteiger partial charge in [0.1, 0.15) is 17.5 Å². The van der Waals surface area contributed by atoms with Crippen LogP contribution in [-0.2, 0) is 27.1 Å². The number of hydrogen-bond acceptors (Lipinski definition) is 7. The van der Waals surface area contributed by atoms with Crippen molar-refractivity contribution in [3.63, 3.8) is 0 Å². The number of alkyl carbamates (subject to hydrolysis) is 1. The van der Waals surface area contributed by atoms with E-state index in [1.165, 1.54) is 5.56 Å². The van der Waals surface area contributed by atoms with Gasteiger partial charge in [0.15, 0.2) is 0 Å². The van der Waals surface area contributed by atoms with Crippen molar-refractivity contribution in [1.82, 2.24) is 15.2 Å². The van der Waals surface area contributed by atoms with Gasteiger partial charge in [-0.05, 0) is 90.3 Å². The second-order valence-corrected chi connectivity index (χ2v) is 10.5. The first-order chi connectivity index (χ1) is 16.7. The standard InChI is InChI=1S/C26H42N4O5/c1-26(2,3)35-25(33)29-22(24(31)32)12-17-30(16-11-21-13-18-34-21)15-5-4-8-20-10-9-19-7-6-14-27-23(19)28-20/h9-10,21-22H,4-8,11-18H2,1-3H3,(H,27,28)(H,29,33)(H,31,32). The maximum atomic E-state index is 12.1. The first-order valence-electron chi connectivity index (χ1n) is 13.0. The average molecular weight is 491 g/mol. The number of aliphatic carboxylic acids is 1. The van der Waals surface area contributed by atoms with Crippen molar-refractivity contribution in [1.29, 1.82) is 0 Å². The Morgan fingerprint density at radius 3 is 2.77 bits per heavy atom. The summed E-state index contributed by atoms with van der Waals surface area (Å²) in [6.45, 7) is 9.38. The van der Waals surface area contributed by atoms with Gasteiger partial charge in [-0.1, -0.05) is 6.07 Å². The Kier molecular flexibility index (Phi) is 10.2. The third kappa shape index (κ3) is 9.64. The average Bonchev–Trinajstić information content (AvgIpc) is 2.76. The van der Waals surface area contributed by atoms with Crippen LogP contribution in [-0.4, -0.2) is 77.6 Å². The summed E-state index contributed by atoms with van der Waals surface area (Å²) in [5, 5.41) is 15.5. The van der Waals surface area contributed by atoms with Gasteiger partial charge in [-0.2, -0.15) is 0 Å². The van der Waals surface area contributed by atoms with Gasteiger partial charge in [0, 0.05) is 31.9 Å². The Balaban J connectivity index is 1.46. The minimum atomic E-state index is -1.05. The van der Waals surface area contributed by atoms with Crippen LogP contribution >= 0.6 is 0 Å². The number of carboxylic acids is 1. The normalized spacial score (nSPS) is 18.2. The van der Waals surface area contributed by atoms with Crippen molar-refractivity contribution in [2.75, 3.05) is 38.1 Å². The summed E-state index contributed by atoms with van der Waals surface area (Å²) in [5.74, 6) is -0.0155. The number of nitrogens with one attached hydrogen (secondary N) is 2. The number of unbranched alkanes of at least 4 members (excludes halogenated alkanes) is 1. The van der Waals surface area contributed by atoms with Crippen molar-refractivity contribution < 1.29 is 24.2 Å². The molecule has 1 aromatic heterocycles. The zero-order chi connectivity index (χ0) is 25.3.